The highest BCUT2D eigenvalue weighted by Gasteiger charge is 2.23. The summed E-state index contributed by atoms with van der Waals surface area (Å²) in [6, 6.07) is -0.125. The van der Waals surface area contributed by atoms with Gasteiger partial charge in [0.25, 0.3) is 0 Å². The van der Waals surface area contributed by atoms with E-state index < -0.39 is 11.4 Å². The topological polar surface area (TPSA) is 75.4 Å². The first-order valence-electron chi connectivity index (χ1n) is 3.66. The van der Waals surface area contributed by atoms with Crippen molar-refractivity contribution in [2.75, 3.05) is 6.61 Å². The molecule has 1 aliphatic rings. The molecule has 0 aromatic rings. The summed E-state index contributed by atoms with van der Waals surface area (Å²) in [5.74, 6) is 0.716. The standard InChI is InChI=1S/C6H13NO3S/c7-6(3-5-1-2-5)4-10-11(8)9/h5-6H,1-4,7H2,(H,8,9)/p-1. The molecule has 0 bridgehead atoms. The van der Waals surface area contributed by atoms with E-state index in [9.17, 15) is 8.76 Å². The molecule has 0 amide bonds. The fraction of sp³-hybridized carbons (Fsp3) is 1.00. The van der Waals surface area contributed by atoms with Crippen LogP contribution in [0, 0.1) is 5.92 Å². The van der Waals surface area contributed by atoms with Gasteiger partial charge in [-0.3, -0.25) is 4.18 Å². The van der Waals surface area contributed by atoms with Crippen molar-refractivity contribution in [3.8, 4) is 0 Å². The fourth-order valence-corrected chi connectivity index (χ4v) is 1.28. The summed E-state index contributed by atoms with van der Waals surface area (Å²) in [4.78, 5) is 0. The lowest BCUT2D eigenvalue weighted by atomic mass is 10.2. The lowest BCUT2D eigenvalue weighted by Crippen LogP contribution is -2.27. The SMILES string of the molecule is NC(COS(=O)[O-])CC1CC1. The Morgan fingerprint density at radius 1 is 1.73 bits per heavy atom. The Kier molecular flexibility index (Phi) is 3.45. The van der Waals surface area contributed by atoms with Crippen molar-refractivity contribution in [3.63, 3.8) is 0 Å². The molecule has 66 valence electrons. The van der Waals surface area contributed by atoms with Crippen LogP contribution in [-0.4, -0.2) is 21.4 Å². The molecule has 0 saturated heterocycles. The minimum atomic E-state index is -2.41. The van der Waals surface area contributed by atoms with Gasteiger partial charge < -0.3 is 10.3 Å². The smallest absolute Gasteiger partial charge is 0.0842 e. The minimum absolute atomic E-state index is 0.118. The van der Waals surface area contributed by atoms with Crippen molar-refractivity contribution in [1.82, 2.24) is 0 Å². The van der Waals surface area contributed by atoms with E-state index in [1.54, 1.807) is 0 Å². The van der Waals surface area contributed by atoms with Crippen LogP contribution in [-0.2, 0) is 15.5 Å². The van der Waals surface area contributed by atoms with Gasteiger partial charge in [0.2, 0.25) is 0 Å². The molecule has 1 fully saturated rings. The van der Waals surface area contributed by atoms with Crippen LogP contribution in [0.3, 0.4) is 0 Å². The van der Waals surface area contributed by atoms with Crippen LogP contribution >= 0.6 is 0 Å². The first-order chi connectivity index (χ1) is 5.18. The summed E-state index contributed by atoms with van der Waals surface area (Å²) in [5.41, 5.74) is 5.56. The lowest BCUT2D eigenvalue weighted by Gasteiger charge is -2.11. The van der Waals surface area contributed by atoms with E-state index in [4.69, 9.17) is 5.73 Å². The Morgan fingerprint density at radius 3 is 2.82 bits per heavy atom. The second-order valence-corrected chi connectivity index (χ2v) is 3.57. The van der Waals surface area contributed by atoms with Crippen LogP contribution in [0.15, 0.2) is 0 Å². The van der Waals surface area contributed by atoms with Crippen LogP contribution in [0.2, 0.25) is 0 Å². The average molecular weight is 178 g/mol. The maximum absolute atomic E-state index is 9.93. The summed E-state index contributed by atoms with van der Waals surface area (Å²) in [6.07, 6.45) is 3.35. The Balaban J connectivity index is 1.99. The molecular weight excluding hydrogens is 166 g/mol. The molecule has 2 atom stereocenters. The predicted molar refractivity (Wildman–Crippen MR) is 40.2 cm³/mol. The Morgan fingerprint density at radius 2 is 2.36 bits per heavy atom. The highest BCUT2D eigenvalue weighted by Crippen LogP contribution is 2.33. The third-order valence-electron chi connectivity index (χ3n) is 1.71. The molecule has 2 N–H and O–H groups in total. The van der Waals surface area contributed by atoms with Crippen LogP contribution in [0.4, 0.5) is 0 Å². The van der Waals surface area contributed by atoms with Gasteiger partial charge in [0.1, 0.15) is 0 Å². The predicted octanol–water partition coefficient (Wildman–Crippen LogP) is -0.0755. The zero-order chi connectivity index (χ0) is 8.27. The van der Waals surface area contributed by atoms with E-state index in [2.05, 4.69) is 4.18 Å². The van der Waals surface area contributed by atoms with E-state index in [0.29, 0.717) is 5.92 Å². The number of nitrogens with two attached hydrogens (primary N) is 1. The maximum atomic E-state index is 9.93. The quantitative estimate of drug-likeness (QED) is 0.598. The molecule has 5 heteroatoms. The fourth-order valence-electron chi connectivity index (χ4n) is 0.993. The van der Waals surface area contributed by atoms with Crippen LogP contribution in [0.1, 0.15) is 19.3 Å². The third-order valence-corrected chi connectivity index (χ3v) is 2.04. The normalized spacial score (nSPS) is 23.1. The van der Waals surface area contributed by atoms with Gasteiger partial charge in [-0.15, -0.1) is 0 Å². The van der Waals surface area contributed by atoms with E-state index in [1.165, 1.54) is 12.8 Å². The van der Waals surface area contributed by atoms with Crippen molar-refractivity contribution < 1.29 is 12.9 Å². The van der Waals surface area contributed by atoms with E-state index in [-0.39, 0.29) is 12.6 Å². The third kappa shape index (κ3) is 4.47. The summed E-state index contributed by atoms with van der Waals surface area (Å²) < 4.78 is 24.2. The second-order valence-electron chi connectivity index (χ2n) is 2.93. The van der Waals surface area contributed by atoms with Gasteiger partial charge in [-0.05, 0) is 12.3 Å². The molecule has 0 radical (unpaired) electrons. The van der Waals surface area contributed by atoms with Gasteiger partial charge >= 0.3 is 0 Å². The summed E-state index contributed by atoms with van der Waals surface area (Å²) in [7, 11) is 0. The molecule has 0 aromatic heterocycles. The molecule has 0 spiro atoms. The van der Waals surface area contributed by atoms with E-state index in [1.807, 2.05) is 0 Å². The molecule has 2 unspecified atom stereocenters. The summed E-state index contributed by atoms with van der Waals surface area (Å²) >= 11 is -2.41. The molecule has 0 aromatic carbocycles. The van der Waals surface area contributed by atoms with Gasteiger partial charge in [0.15, 0.2) is 0 Å². The largest absolute Gasteiger partial charge is 0.750 e. The molecule has 1 saturated carbocycles. The molecule has 0 aliphatic heterocycles. The van der Waals surface area contributed by atoms with Gasteiger partial charge in [0, 0.05) is 6.04 Å². The molecule has 0 heterocycles. The molecule has 1 rings (SSSR count). The van der Waals surface area contributed by atoms with Crippen molar-refractivity contribution in [2.24, 2.45) is 11.7 Å². The zero-order valence-electron chi connectivity index (χ0n) is 6.19. The summed E-state index contributed by atoms with van der Waals surface area (Å²) in [6.45, 7) is 0.118. The first-order valence-corrected chi connectivity index (χ1v) is 4.66. The van der Waals surface area contributed by atoms with Crippen molar-refractivity contribution >= 4 is 11.4 Å². The van der Waals surface area contributed by atoms with Crippen LogP contribution in [0.25, 0.3) is 0 Å². The average Bonchev–Trinajstić information content (AvgIpc) is 2.67. The number of rotatable bonds is 5. The summed E-state index contributed by atoms with van der Waals surface area (Å²) in [5, 5.41) is 0. The van der Waals surface area contributed by atoms with E-state index >= 15 is 0 Å². The Labute approximate surface area is 68.6 Å². The molecule has 4 nitrogen and oxygen atoms in total. The highest BCUT2D eigenvalue weighted by molar-refractivity contribution is 7.74. The number of hydrogen-bond donors (Lipinski definition) is 1. The van der Waals surface area contributed by atoms with Crippen molar-refractivity contribution in [1.29, 1.82) is 0 Å². The first kappa shape index (κ1) is 9.12. The van der Waals surface area contributed by atoms with Gasteiger partial charge in [-0.2, -0.15) is 0 Å². The molecular formula is C6H12NO3S-. The minimum Gasteiger partial charge on any atom is -0.750 e. The van der Waals surface area contributed by atoms with Gasteiger partial charge in [-0.25, -0.2) is 4.21 Å². The maximum Gasteiger partial charge on any atom is 0.0842 e. The van der Waals surface area contributed by atoms with Crippen molar-refractivity contribution in [3.05, 3.63) is 0 Å². The monoisotopic (exact) mass is 178 g/mol. The van der Waals surface area contributed by atoms with Gasteiger partial charge in [-0.1, -0.05) is 12.8 Å². The van der Waals surface area contributed by atoms with Gasteiger partial charge in [0.05, 0.1) is 18.0 Å². The Bertz CT molecular complexity index is 149. The van der Waals surface area contributed by atoms with E-state index in [0.717, 1.165) is 6.42 Å². The Hall–Kier alpha value is 0.0300. The second kappa shape index (κ2) is 4.15. The van der Waals surface area contributed by atoms with Crippen molar-refractivity contribution in [2.45, 2.75) is 25.3 Å². The zero-order valence-corrected chi connectivity index (χ0v) is 7.01. The lowest BCUT2D eigenvalue weighted by molar-refractivity contribution is 0.269. The van der Waals surface area contributed by atoms with Crippen LogP contribution < -0.4 is 5.73 Å². The highest BCUT2D eigenvalue weighted by atomic mass is 32.2. The molecule has 1 aliphatic carbocycles. The number of hydrogen-bond acceptors (Lipinski definition) is 4. The van der Waals surface area contributed by atoms with Crippen LogP contribution in [0.5, 0.6) is 0 Å². The molecule has 11 heavy (non-hydrogen) atoms.